The number of hydrogen-bond donors (Lipinski definition) is 4. The fraction of sp³-hybridized carbons (Fsp3) is 0.609. The highest BCUT2D eigenvalue weighted by molar-refractivity contribution is 7.89. The van der Waals surface area contributed by atoms with Crippen molar-refractivity contribution in [3.63, 3.8) is 0 Å². The number of nitrogens with zero attached hydrogens (tertiary/aromatic N) is 3. The second-order valence-corrected chi connectivity index (χ2v) is 10.3. The number of sulfonamides is 1. The summed E-state index contributed by atoms with van der Waals surface area (Å²) in [7, 11) is 0.381. The van der Waals surface area contributed by atoms with Gasteiger partial charge in [0.2, 0.25) is 15.9 Å². The Morgan fingerprint density at radius 1 is 1.05 bits per heavy atom. The molecule has 37 heavy (non-hydrogen) atoms. The van der Waals surface area contributed by atoms with Crippen LogP contribution in [0.4, 0.5) is 11.4 Å². The number of carbonyl (C=O) groups is 3. The highest BCUT2D eigenvalue weighted by Gasteiger charge is 2.27. The molecular weight excluding hydrogens is 506 g/mol. The smallest absolute Gasteiger partial charge is 0.414 e. The van der Waals surface area contributed by atoms with E-state index in [9.17, 15) is 13.2 Å². The van der Waals surface area contributed by atoms with E-state index >= 15 is 0 Å². The molecule has 1 fully saturated rings. The first kappa shape index (κ1) is 32.2. The Bertz CT molecular complexity index is 981. The zero-order valence-corrected chi connectivity index (χ0v) is 22.7. The van der Waals surface area contributed by atoms with Gasteiger partial charge >= 0.3 is 11.9 Å². The van der Waals surface area contributed by atoms with Gasteiger partial charge in [-0.1, -0.05) is 0 Å². The fourth-order valence-corrected chi connectivity index (χ4v) is 4.90. The predicted molar refractivity (Wildman–Crippen MR) is 140 cm³/mol. The Hall–Kier alpha value is -2.78. The number of ether oxygens (including phenoxy) is 1. The molecular formula is C23H39N5O8S. The van der Waals surface area contributed by atoms with Crippen LogP contribution in [0.3, 0.4) is 0 Å². The number of carbonyl (C=O) groups excluding carboxylic acids is 1. The minimum atomic E-state index is -3.65. The number of rotatable bonds is 12. The SMILES string of the molecule is CCN(CC)c1ccc(S(=O)(=O)N2CCOCC2)cc1NC(=O)CNCCCN(C)C.O=C(O)C(=O)O. The lowest BCUT2D eigenvalue weighted by Gasteiger charge is -2.28. The van der Waals surface area contributed by atoms with Crippen LogP contribution in [-0.2, 0) is 29.1 Å². The third kappa shape index (κ3) is 11.0. The highest BCUT2D eigenvalue weighted by Crippen LogP contribution is 2.30. The van der Waals surface area contributed by atoms with Crippen LogP contribution >= 0.6 is 0 Å². The van der Waals surface area contributed by atoms with Crippen LogP contribution in [0, 0.1) is 0 Å². The molecule has 1 aromatic rings. The quantitative estimate of drug-likeness (QED) is 0.209. The molecule has 2 rings (SSSR count). The van der Waals surface area contributed by atoms with E-state index in [0.29, 0.717) is 32.0 Å². The average molecular weight is 546 g/mol. The van der Waals surface area contributed by atoms with Crippen LogP contribution in [0.2, 0.25) is 0 Å². The number of benzene rings is 1. The van der Waals surface area contributed by atoms with Gasteiger partial charge in [-0.2, -0.15) is 4.31 Å². The zero-order chi connectivity index (χ0) is 28.0. The second-order valence-electron chi connectivity index (χ2n) is 8.36. The van der Waals surface area contributed by atoms with Crippen LogP contribution in [0.5, 0.6) is 0 Å². The first-order chi connectivity index (χ1) is 17.4. The molecule has 13 nitrogen and oxygen atoms in total. The number of amides is 1. The van der Waals surface area contributed by atoms with Crippen molar-refractivity contribution in [2.75, 3.05) is 83.3 Å². The van der Waals surface area contributed by atoms with Crippen molar-refractivity contribution in [2.45, 2.75) is 25.2 Å². The molecule has 0 spiro atoms. The first-order valence-electron chi connectivity index (χ1n) is 12.0. The third-order valence-corrected chi connectivity index (χ3v) is 7.28. The van der Waals surface area contributed by atoms with Crippen molar-refractivity contribution >= 4 is 39.2 Å². The molecule has 0 atom stereocenters. The van der Waals surface area contributed by atoms with Gasteiger partial charge in [0.05, 0.1) is 36.0 Å². The summed E-state index contributed by atoms with van der Waals surface area (Å²) in [5, 5.41) is 20.8. The van der Waals surface area contributed by atoms with E-state index in [-0.39, 0.29) is 17.3 Å². The molecule has 4 N–H and O–H groups in total. The van der Waals surface area contributed by atoms with Crippen molar-refractivity contribution in [2.24, 2.45) is 0 Å². The van der Waals surface area contributed by atoms with E-state index in [1.54, 1.807) is 18.2 Å². The van der Waals surface area contributed by atoms with Gasteiger partial charge in [-0.15, -0.1) is 0 Å². The second kappa shape index (κ2) is 16.1. The lowest BCUT2D eigenvalue weighted by atomic mass is 10.2. The van der Waals surface area contributed by atoms with Gasteiger partial charge in [0.1, 0.15) is 0 Å². The van der Waals surface area contributed by atoms with Crippen molar-refractivity contribution in [1.29, 1.82) is 0 Å². The van der Waals surface area contributed by atoms with E-state index in [1.165, 1.54) is 4.31 Å². The maximum atomic E-state index is 13.1. The molecule has 0 unspecified atom stereocenters. The highest BCUT2D eigenvalue weighted by atomic mass is 32.2. The van der Waals surface area contributed by atoms with E-state index in [1.807, 2.05) is 27.9 Å². The summed E-state index contributed by atoms with van der Waals surface area (Å²) in [6.07, 6.45) is 0.943. The maximum Gasteiger partial charge on any atom is 0.414 e. The van der Waals surface area contributed by atoms with Crippen LogP contribution < -0.4 is 15.5 Å². The number of carboxylic acids is 2. The van der Waals surface area contributed by atoms with Gasteiger partial charge in [0, 0.05) is 26.2 Å². The van der Waals surface area contributed by atoms with Crippen molar-refractivity contribution in [3.05, 3.63) is 18.2 Å². The molecule has 1 aliphatic rings. The molecule has 210 valence electrons. The fourth-order valence-electron chi connectivity index (χ4n) is 3.47. The normalized spacial score (nSPS) is 14.0. The molecule has 1 saturated heterocycles. The summed E-state index contributed by atoms with van der Waals surface area (Å²) in [5.41, 5.74) is 1.32. The molecule has 0 saturated carbocycles. The number of carboxylic acid groups (broad SMARTS) is 2. The van der Waals surface area contributed by atoms with Gasteiger partial charge in [-0.05, 0) is 65.7 Å². The molecule has 0 bridgehead atoms. The van der Waals surface area contributed by atoms with Gasteiger partial charge in [0.25, 0.3) is 0 Å². The Balaban J connectivity index is 0.00000102. The molecule has 1 aliphatic heterocycles. The number of morpholine rings is 1. The predicted octanol–water partition coefficient (Wildman–Crippen LogP) is 0.189. The molecule has 1 heterocycles. The Kier molecular flexibility index (Phi) is 14.1. The minimum absolute atomic E-state index is 0.172. The first-order valence-corrected chi connectivity index (χ1v) is 13.5. The summed E-state index contributed by atoms with van der Waals surface area (Å²) in [5.74, 6) is -3.84. The summed E-state index contributed by atoms with van der Waals surface area (Å²) >= 11 is 0. The largest absolute Gasteiger partial charge is 0.473 e. The van der Waals surface area contributed by atoms with Gasteiger partial charge in [-0.3, -0.25) is 4.79 Å². The summed E-state index contributed by atoms with van der Waals surface area (Å²) < 4.78 is 32.9. The molecule has 0 aliphatic carbocycles. The summed E-state index contributed by atoms with van der Waals surface area (Å²) in [4.78, 5) is 35.1. The topological polar surface area (TPSA) is 169 Å². The molecule has 1 aromatic carbocycles. The van der Waals surface area contributed by atoms with Crippen LogP contribution in [0.1, 0.15) is 20.3 Å². The van der Waals surface area contributed by atoms with E-state index < -0.39 is 22.0 Å². The summed E-state index contributed by atoms with van der Waals surface area (Å²) in [6.45, 7) is 8.85. The van der Waals surface area contributed by atoms with Crippen molar-refractivity contribution < 1.29 is 37.8 Å². The number of aliphatic carboxylic acids is 2. The Morgan fingerprint density at radius 3 is 2.16 bits per heavy atom. The van der Waals surface area contributed by atoms with E-state index in [2.05, 4.69) is 20.4 Å². The van der Waals surface area contributed by atoms with Gasteiger partial charge < -0.3 is 35.4 Å². The molecule has 0 radical (unpaired) electrons. The monoisotopic (exact) mass is 545 g/mol. The zero-order valence-electron chi connectivity index (χ0n) is 21.9. The standard InChI is InChI=1S/C21H37N5O4S.C2H2O4/c1-5-25(6-2)20-9-8-18(31(28,29)26-12-14-30-15-13-26)16-19(20)23-21(27)17-22-10-7-11-24(3)4;3-1(4)2(5)6/h8-9,16,22H,5-7,10-15,17H2,1-4H3,(H,23,27);(H,3,4)(H,5,6). The van der Waals surface area contributed by atoms with E-state index in [4.69, 9.17) is 24.5 Å². The van der Waals surface area contributed by atoms with Crippen LogP contribution in [-0.4, -0.2) is 119 Å². The number of anilines is 2. The molecule has 14 heteroatoms. The third-order valence-electron chi connectivity index (χ3n) is 5.38. The van der Waals surface area contributed by atoms with Crippen molar-refractivity contribution in [1.82, 2.24) is 14.5 Å². The number of nitrogens with one attached hydrogen (secondary N) is 2. The summed E-state index contributed by atoms with van der Waals surface area (Å²) in [6, 6.07) is 4.97. The Labute approximate surface area is 218 Å². The van der Waals surface area contributed by atoms with Crippen molar-refractivity contribution in [3.8, 4) is 0 Å². The Morgan fingerprint density at radius 2 is 1.65 bits per heavy atom. The van der Waals surface area contributed by atoms with Gasteiger partial charge in [0.15, 0.2) is 0 Å². The lowest BCUT2D eigenvalue weighted by Crippen LogP contribution is -2.40. The minimum Gasteiger partial charge on any atom is -0.473 e. The van der Waals surface area contributed by atoms with E-state index in [0.717, 1.165) is 38.3 Å². The maximum absolute atomic E-state index is 13.1. The molecule has 0 aromatic heterocycles. The lowest BCUT2D eigenvalue weighted by molar-refractivity contribution is -0.159. The van der Waals surface area contributed by atoms with Crippen LogP contribution in [0.15, 0.2) is 23.1 Å². The van der Waals surface area contributed by atoms with Crippen LogP contribution in [0.25, 0.3) is 0 Å². The average Bonchev–Trinajstić information content (AvgIpc) is 2.86. The molecule has 1 amide bonds. The number of hydrogen-bond acceptors (Lipinski definition) is 9. The van der Waals surface area contributed by atoms with Gasteiger partial charge in [-0.25, -0.2) is 18.0 Å².